The van der Waals surface area contributed by atoms with E-state index >= 15 is 0 Å². The molecule has 4 heterocycles. The van der Waals surface area contributed by atoms with Crippen LogP contribution in [0.3, 0.4) is 0 Å². The smallest absolute Gasteiger partial charge is 0.253 e. The van der Waals surface area contributed by atoms with Crippen molar-refractivity contribution < 1.29 is 14.3 Å². The highest BCUT2D eigenvalue weighted by Crippen LogP contribution is 2.38. The van der Waals surface area contributed by atoms with Crippen LogP contribution in [0.2, 0.25) is 0 Å². The van der Waals surface area contributed by atoms with Crippen LogP contribution in [0, 0.1) is 5.92 Å². The first-order valence-electron chi connectivity index (χ1n) is 15.7. The molecular weight excluding hydrogens is 590 g/mol. The summed E-state index contributed by atoms with van der Waals surface area (Å²) in [5.41, 5.74) is 5.63. The number of rotatable bonds is 11. The molecule has 1 fully saturated rings. The number of hydrogen-bond acceptors (Lipinski definition) is 8. The van der Waals surface area contributed by atoms with Gasteiger partial charge in [0.15, 0.2) is 5.78 Å². The predicted octanol–water partition coefficient (Wildman–Crippen LogP) is 5.27. The molecule has 0 bridgehead atoms. The predicted molar refractivity (Wildman–Crippen MR) is 184 cm³/mol. The van der Waals surface area contributed by atoms with Crippen molar-refractivity contribution in [3.8, 4) is 28.3 Å². The molecule has 0 saturated carbocycles. The van der Waals surface area contributed by atoms with Gasteiger partial charge in [-0.05, 0) is 62.0 Å². The SMILES string of the molecule is COc1cccn2nc(-c3ccccc3)c(-c3ccnc(N[C@@H]4CN(C(=O)c5ccc(CC(=O)/C=C/CN(C)C)cc5)C[C@@H]4C)n3)c12. The average molecular weight is 630 g/mol. The Hall–Kier alpha value is -5.35. The number of pyridine rings is 1. The Morgan fingerprint density at radius 1 is 1.02 bits per heavy atom. The monoisotopic (exact) mass is 629 g/mol. The Kier molecular flexibility index (Phi) is 9.40. The zero-order chi connectivity index (χ0) is 32.9. The maximum Gasteiger partial charge on any atom is 0.253 e. The molecule has 1 saturated heterocycles. The van der Waals surface area contributed by atoms with E-state index < -0.39 is 0 Å². The number of benzene rings is 2. The molecule has 3 aromatic heterocycles. The van der Waals surface area contributed by atoms with Crippen molar-refractivity contribution in [2.24, 2.45) is 5.92 Å². The molecule has 2 atom stereocenters. The number of likely N-dealkylation sites (N-methyl/N-ethyl adjacent to an activating group) is 1. The number of carbonyl (C=O) groups excluding carboxylic acids is 2. The normalized spacial score (nSPS) is 16.3. The second kappa shape index (κ2) is 14.0. The Balaban J connectivity index is 1.18. The van der Waals surface area contributed by atoms with Gasteiger partial charge in [-0.2, -0.15) is 5.10 Å². The van der Waals surface area contributed by atoms with Crippen LogP contribution in [0.4, 0.5) is 5.95 Å². The molecule has 1 N–H and O–H groups in total. The summed E-state index contributed by atoms with van der Waals surface area (Å²) in [6, 6.07) is 23.0. The van der Waals surface area contributed by atoms with Crippen LogP contribution in [-0.4, -0.2) is 88.0 Å². The minimum Gasteiger partial charge on any atom is -0.494 e. The number of likely N-dealkylation sites (tertiary alicyclic amines) is 1. The number of carbonyl (C=O) groups is 2. The maximum atomic E-state index is 13.5. The first-order valence-corrected chi connectivity index (χ1v) is 15.7. The van der Waals surface area contributed by atoms with E-state index in [-0.39, 0.29) is 23.7 Å². The lowest BCUT2D eigenvalue weighted by Gasteiger charge is -2.18. The molecule has 1 amide bonds. The lowest BCUT2D eigenvalue weighted by molar-refractivity contribution is -0.114. The van der Waals surface area contributed by atoms with Crippen molar-refractivity contribution in [1.29, 1.82) is 0 Å². The van der Waals surface area contributed by atoms with Crippen molar-refractivity contribution in [2.75, 3.05) is 46.2 Å². The number of ketones is 1. The highest BCUT2D eigenvalue weighted by Gasteiger charge is 2.33. The number of fused-ring (bicyclic) bond motifs is 1. The molecule has 10 heteroatoms. The van der Waals surface area contributed by atoms with Crippen molar-refractivity contribution in [3.05, 3.63) is 108 Å². The number of amides is 1. The van der Waals surface area contributed by atoms with E-state index in [9.17, 15) is 9.59 Å². The fourth-order valence-electron chi connectivity index (χ4n) is 5.93. The number of nitrogens with one attached hydrogen (secondary N) is 1. The average Bonchev–Trinajstić information content (AvgIpc) is 3.65. The first kappa shape index (κ1) is 31.6. The molecule has 2 aromatic carbocycles. The van der Waals surface area contributed by atoms with Crippen LogP contribution in [-0.2, 0) is 11.2 Å². The minimum atomic E-state index is -0.0365. The van der Waals surface area contributed by atoms with Crippen molar-refractivity contribution in [3.63, 3.8) is 0 Å². The molecule has 5 aromatic rings. The Bertz CT molecular complexity index is 1900. The number of aromatic nitrogens is 4. The van der Waals surface area contributed by atoms with E-state index in [1.165, 1.54) is 0 Å². The third-order valence-electron chi connectivity index (χ3n) is 8.37. The topological polar surface area (TPSA) is 105 Å². The second-order valence-electron chi connectivity index (χ2n) is 12.2. The lowest BCUT2D eigenvalue weighted by atomic mass is 10.0. The molecule has 6 rings (SSSR count). The molecule has 0 aliphatic carbocycles. The molecule has 0 unspecified atom stereocenters. The van der Waals surface area contributed by atoms with E-state index in [0.717, 1.165) is 27.9 Å². The van der Waals surface area contributed by atoms with E-state index in [4.69, 9.17) is 14.8 Å². The van der Waals surface area contributed by atoms with Crippen LogP contribution in [0.1, 0.15) is 22.8 Å². The molecule has 240 valence electrons. The Morgan fingerprint density at radius 3 is 2.55 bits per heavy atom. The highest BCUT2D eigenvalue weighted by atomic mass is 16.5. The molecule has 1 aliphatic heterocycles. The summed E-state index contributed by atoms with van der Waals surface area (Å²) in [7, 11) is 5.57. The fourth-order valence-corrected chi connectivity index (χ4v) is 5.93. The summed E-state index contributed by atoms with van der Waals surface area (Å²) in [6.07, 6.45) is 7.43. The van der Waals surface area contributed by atoms with Gasteiger partial charge in [-0.3, -0.25) is 9.59 Å². The summed E-state index contributed by atoms with van der Waals surface area (Å²) in [6.45, 7) is 3.96. The number of methoxy groups -OCH3 is 1. The number of anilines is 1. The molecular formula is C37H39N7O3. The van der Waals surface area contributed by atoms with Crippen molar-refractivity contribution in [1.82, 2.24) is 29.4 Å². The van der Waals surface area contributed by atoms with Gasteiger partial charge >= 0.3 is 0 Å². The van der Waals surface area contributed by atoms with Gasteiger partial charge in [0.25, 0.3) is 5.91 Å². The maximum absolute atomic E-state index is 13.5. The van der Waals surface area contributed by atoms with Gasteiger partial charge in [-0.1, -0.05) is 55.5 Å². The standard InChI is InChI=1S/C37H39N7O3/c1-25-23-43(36(46)28-16-14-26(15-17-28)22-29(45)12-8-20-42(2)3)24-31(25)40-37-38-19-18-30(39-37)33-34(27-10-6-5-7-11-27)41-44-21-9-13-32(47-4)35(33)44/h5-19,21,25,31H,20,22-24H2,1-4H3,(H,38,39,40)/b12-8+/t25-,31+/m0/s1. The number of nitrogens with zero attached hydrogens (tertiary/aromatic N) is 6. The fraction of sp³-hybridized carbons (Fsp3) is 0.270. The zero-order valence-electron chi connectivity index (χ0n) is 27.1. The highest BCUT2D eigenvalue weighted by molar-refractivity contribution is 5.95. The van der Waals surface area contributed by atoms with Gasteiger partial charge in [-0.15, -0.1) is 0 Å². The number of ether oxygens (including phenoxy) is 1. The zero-order valence-corrected chi connectivity index (χ0v) is 27.1. The van der Waals surface area contributed by atoms with Gasteiger partial charge in [-0.25, -0.2) is 14.5 Å². The van der Waals surface area contributed by atoms with E-state index in [1.54, 1.807) is 31.5 Å². The Morgan fingerprint density at radius 2 is 1.81 bits per heavy atom. The summed E-state index contributed by atoms with van der Waals surface area (Å²) < 4.78 is 7.55. The third kappa shape index (κ3) is 7.07. The van der Waals surface area contributed by atoms with Crippen molar-refractivity contribution in [2.45, 2.75) is 19.4 Å². The van der Waals surface area contributed by atoms with Crippen LogP contribution in [0.5, 0.6) is 5.75 Å². The van der Waals surface area contributed by atoms with Crippen LogP contribution in [0.15, 0.2) is 97.3 Å². The summed E-state index contributed by atoms with van der Waals surface area (Å²) in [4.78, 5) is 39.1. The van der Waals surface area contributed by atoms with Crippen LogP contribution in [0.25, 0.3) is 28.0 Å². The van der Waals surface area contributed by atoms with Crippen LogP contribution >= 0.6 is 0 Å². The summed E-state index contributed by atoms with van der Waals surface area (Å²) in [5.74, 6) is 1.35. The van der Waals surface area contributed by atoms with E-state index in [1.807, 2.05) is 101 Å². The molecule has 47 heavy (non-hydrogen) atoms. The minimum absolute atomic E-state index is 0.0351. The Labute approximate surface area is 274 Å². The molecule has 0 radical (unpaired) electrons. The molecule has 0 spiro atoms. The van der Waals surface area contributed by atoms with E-state index in [2.05, 4.69) is 17.2 Å². The largest absolute Gasteiger partial charge is 0.494 e. The van der Waals surface area contributed by atoms with E-state index in [0.29, 0.717) is 49.0 Å². The van der Waals surface area contributed by atoms with Gasteiger partial charge in [0.05, 0.1) is 24.4 Å². The lowest BCUT2D eigenvalue weighted by Crippen LogP contribution is -2.32. The van der Waals surface area contributed by atoms with Crippen LogP contribution < -0.4 is 10.1 Å². The van der Waals surface area contributed by atoms with Gasteiger partial charge < -0.3 is 19.9 Å². The summed E-state index contributed by atoms with van der Waals surface area (Å²) in [5, 5.41) is 8.40. The third-order valence-corrected chi connectivity index (χ3v) is 8.37. The molecule has 1 aliphatic rings. The number of allylic oxidation sites excluding steroid dienone is 1. The van der Waals surface area contributed by atoms with Gasteiger partial charge in [0, 0.05) is 49.6 Å². The van der Waals surface area contributed by atoms with Gasteiger partial charge in [0.1, 0.15) is 17.0 Å². The summed E-state index contributed by atoms with van der Waals surface area (Å²) >= 11 is 0. The first-order chi connectivity index (χ1) is 22.8. The van der Waals surface area contributed by atoms with Gasteiger partial charge in [0.2, 0.25) is 5.95 Å². The quantitative estimate of drug-likeness (QED) is 0.197. The number of hydrogen-bond donors (Lipinski definition) is 1. The molecule has 10 nitrogen and oxygen atoms in total. The second-order valence-corrected chi connectivity index (χ2v) is 12.2. The van der Waals surface area contributed by atoms with Crippen molar-refractivity contribution >= 4 is 23.2 Å².